The molecule has 0 aliphatic carbocycles. The summed E-state index contributed by atoms with van der Waals surface area (Å²) in [6.45, 7) is 7.84. The number of hydrogen-bond donors (Lipinski definition) is 2. The van der Waals surface area contributed by atoms with E-state index in [1.54, 1.807) is 0 Å². The Morgan fingerprint density at radius 3 is 2.57 bits per heavy atom. The molecule has 1 amide bonds. The lowest BCUT2D eigenvalue weighted by Crippen LogP contribution is -2.47. The summed E-state index contributed by atoms with van der Waals surface area (Å²) in [5.74, 6) is 0.980. The number of primary amides is 1. The first-order valence-electron chi connectivity index (χ1n) is 10.5. The van der Waals surface area contributed by atoms with E-state index in [4.69, 9.17) is 15.5 Å². The average Bonchev–Trinajstić information content (AvgIpc) is 2.63. The number of unbranched alkanes of at least 4 members (excludes halogenated alkanes) is 4. The molecule has 1 aliphatic rings. The molecule has 0 aromatic carbocycles. The second-order valence-electron chi connectivity index (χ2n) is 7.18. The van der Waals surface area contributed by atoms with Crippen LogP contribution in [-0.2, 0) is 14.3 Å². The number of amides is 1. The van der Waals surface area contributed by atoms with Gasteiger partial charge in [-0.25, -0.2) is 0 Å². The lowest BCUT2D eigenvalue weighted by Gasteiger charge is -2.34. The maximum atomic E-state index is 11.3. The van der Waals surface area contributed by atoms with Gasteiger partial charge in [0.15, 0.2) is 5.96 Å². The molecule has 3 N–H and O–H groups in total. The number of carbonyl (C=O) groups is 2. The topological polar surface area (TPSA) is 97.0 Å². The quantitative estimate of drug-likeness (QED) is 0.138. The lowest BCUT2D eigenvalue weighted by atomic mass is 9.95. The number of halogens is 1. The molecule has 1 unspecified atom stereocenters. The molecule has 28 heavy (non-hydrogen) atoms. The van der Waals surface area contributed by atoms with Crippen LogP contribution in [0.15, 0.2) is 4.99 Å². The fraction of sp³-hybridized carbons (Fsp3) is 0.850. The number of guanidine groups is 1. The molecule has 1 saturated heterocycles. The average molecular weight is 510 g/mol. The van der Waals surface area contributed by atoms with Crippen molar-refractivity contribution in [3.8, 4) is 0 Å². The van der Waals surface area contributed by atoms with Gasteiger partial charge < -0.3 is 20.7 Å². The maximum absolute atomic E-state index is 11.3. The van der Waals surface area contributed by atoms with Gasteiger partial charge in [0, 0.05) is 39.0 Å². The third-order valence-electron chi connectivity index (χ3n) is 4.75. The lowest BCUT2D eigenvalue weighted by molar-refractivity contribution is -0.143. The summed E-state index contributed by atoms with van der Waals surface area (Å²) >= 11 is 0. The predicted octanol–water partition coefficient (Wildman–Crippen LogP) is 3.06. The number of likely N-dealkylation sites (tertiary alicyclic amines) is 1. The summed E-state index contributed by atoms with van der Waals surface area (Å²) in [7, 11) is 0. The van der Waals surface area contributed by atoms with Crippen molar-refractivity contribution < 1.29 is 14.3 Å². The number of nitrogens with two attached hydrogens (primary N) is 1. The molecule has 1 aliphatic heterocycles. The van der Waals surface area contributed by atoms with Crippen LogP contribution in [0.2, 0.25) is 0 Å². The number of nitrogens with one attached hydrogen (secondary N) is 1. The van der Waals surface area contributed by atoms with Crippen molar-refractivity contribution in [2.45, 2.75) is 71.6 Å². The van der Waals surface area contributed by atoms with E-state index in [0.29, 0.717) is 25.4 Å². The van der Waals surface area contributed by atoms with Crippen molar-refractivity contribution in [3.05, 3.63) is 0 Å². The zero-order chi connectivity index (χ0) is 19.9. The Labute approximate surface area is 187 Å². The number of rotatable bonds is 12. The largest absolute Gasteiger partial charge is 0.466 e. The van der Waals surface area contributed by atoms with Gasteiger partial charge in [-0.3, -0.25) is 14.6 Å². The van der Waals surface area contributed by atoms with Gasteiger partial charge in [-0.05, 0) is 45.4 Å². The van der Waals surface area contributed by atoms with E-state index in [2.05, 4.69) is 17.1 Å². The second kappa shape index (κ2) is 16.9. The molecule has 1 heterocycles. The first kappa shape index (κ1) is 26.9. The Kier molecular flexibility index (Phi) is 16.2. The van der Waals surface area contributed by atoms with E-state index < -0.39 is 0 Å². The molecule has 164 valence electrons. The minimum absolute atomic E-state index is 0. The Balaban J connectivity index is 0.00000729. The first-order chi connectivity index (χ1) is 13.1. The Hall–Kier alpha value is -1.06. The maximum Gasteiger partial charge on any atom is 0.305 e. The molecule has 8 heteroatoms. The molecule has 7 nitrogen and oxygen atoms in total. The fourth-order valence-corrected chi connectivity index (χ4v) is 3.46. The molecule has 0 saturated carbocycles. The van der Waals surface area contributed by atoms with Gasteiger partial charge in [0.25, 0.3) is 0 Å². The van der Waals surface area contributed by atoms with Gasteiger partial charge in [0.2, 0.25) is 5.91 Å². The summed E-state index contributed by atoms with van der Waals surface area (Å²) in [5, 5.41) is 3.37. The van der Waals surface area contributed by atoms with Crippen molar-refractivity contribution >= 4 is 41.8 Å². The van der Waals surface area contributed by atoms with Crippen molar-refractivity contribution in [3.63, 3.8) is 0 Å². The third-order valence-corrected chi connectivity index (χ3v) is 4.75. The molecule has 0 aromatic heterocycles. The number of nitrogens with zero attached hydrogens (tertiary/aromatic N) is 2. The van der Waals surface area contributed by atoms with Gasteiger partial charge >= 0.3 is 5.97 Å². The van der Waals surface area contributed by atoms with Crippen LogP contribution in [-0.4, -0.2) is 55.5 Å². The predicted molar refractivity (Wildman–Crippen MR) is 124 cm³/mol. The minimum Gasteiger partial charge on any atom is -0.466 e. The molecular formula is C20H39IN4O3. The van der Waals surface area contributed by atoms with Gasteiger partial charge in [-0.1, -0.05) is 19.3 Å². The highest BCUT2D eigenvalue weighted by atomic mass is 127. The van der Waals surface area contributed by atoms with Crippen molar-refractivity contribution in [1.82, 2.24) is 10.2 Å². The summed E-state index contributed by atoms with van der Waals surface area (Å²) in [6.07, 6.45) is 8.37. The van der Waals surface area contributed by atoms with Crippen LogP contribution in [0.3, 0.4) is 0 Å². The summed E-state index contributed by atoms with van der Waals surface area (Å²) < 4.78 is 4.93. The zero-order valence-corrected chi connectivity index (χ0v) is 19.9. The van der Waals surface area contributed by atoms with E-state index in [1.807, 2.05) is 6.92 Å². The van der Waals surface area contributed by atoms with Crippen LogP contribution in [0.1, 0.15) is 71.6 Å². The van der Waals surface area contributed by atoms with Gasteiger partial charge in [-0.15, -0.1) is 24.0 Å². The van der Waals surface area contributed by atoms with E-state index in [-0.39, 0.29) is 35.9 Å². The van der Waals surface area contributed by atoms with Crippen molar-refractivity contribution in [1.29, 1.82) is 0 Å². The Bertz CT molecular complexity index is 474. The number of ether oxygens (including phenoxy) is 1. The summed E-state index contributed by atoms with van der Waals surface area (Å²) in [6, 6.07) is 0. The summed E-state index contributed by atoms with van der Waals surface area (Å²) in [5.41, 5.74) is 5.35. The number of esters is 1. The molecule has 0 radical (unpaired) electrons. The normalized spacial score (nSPS) is 17.0. The minimum atomic E-state index is -0.216. The van der Waals surface area contributed by atoms with Gasteiger partial charge in [0.1, 0.15) is 0 Å². The Morgan fingerprint density at radius 1 is 1.18 bits per heavy atom. The van der Waals surface area contributed by atoms with E-state index in [9.17, 15) is 9.59 Å². The highest BCUT2D eigenvalue weighted by Crippen LogP contribution is 2.19. The molecule has 1 rings (SSSR count). The van der Waals surface area contributed by atoms with Crippen molar-refractivity contribution in [2.24, 2.45) is 16.6 Å². The number of hydrogen-bond acceptors (Lipinski definition) is 4. The highest BCUT2D eigenvalue weighted by Gasteiger charge is 2.23. The SMILES string of the molecule is CCNC(=NCCCCCCCC(=O)OCC)N1CCCC(CC(N)=O)C1.I. The summed E-state index contributed by atoms with van der Waals surface area (Å²) in [4.78, 5) is 29.5. The van der Waals surface area contributed by atoms with Gasteiger partial charge in [-0.2, -0.15) is 0 Å². The second-order valence-corrected chi connectivity index (χ2v) is 7.18. The standard InChI is InChI=1S/C20H38N4O3.HI/c1-3-22-20(24-14-10-11-17(16-24)15-18(21)25)23-13-9-7-5-6-8-12-19(26)27-4-2;/h17H,3-16H2,1-2H3,(H2,21,25)(H,22,23);1H. The molecule has 1 fully saturated rings. The Morgan fingerprint density at radius 2 is 1.89 bits per heavy atom. The van der Waals surface area contributed by atoms with Crippen LogP contribution >= 0.6 is 24.0 Å². The van der Waals surface area contributed by atoms with E-state index >= 15 is 0 Å². The molecule has 0 aromatic rings. The number of aliphatic imine (C=N–C) groups is 1. The smallest absolute Gasteiger partial charge is 0.305 e. The fourth-order valence-electron chi connectivity index (χ4n) is 3.46. The number of piperidine rings is 1. The van der Waals surface area contributed by atoms with Crippen LogP contribution in [0.25, 0.3) is 0 Å². The first-order valence-corrected chi connectivity index (χ1v) is 10.5. The van der Waals surface area contributed by atoms with E-state index in [1.165, 1.54) is 0 Å². The highest BCUT2D eigenvalue weighted by molar-refractivity contribution is 14.0. The van der Waals surface area contributed by atoms with Crippen LogP contribution in [0.4, 0.5) is 0 Å². The molecular weight excluding hydrogens is 471 g/mol. The molecule has 1 atom stereocenters. The van der Waals surface area contributed by atoms with Crippen LogP contribution in [0, 0.1) is 5.92 Å². The molecule has 0 spiro atoms. The van der Waals surface area contributed by atoms with Crippen molar-refractivity contribution in [2.75, 3.05) is 32.8 Å². The third kappa shape index (κ3) is 12.4. The molecule has 0 bridgehead atoms. The number of carbonyl (C=O) groups excluding carboxylic acids is 2. The van der Waals surface area contributed by atoms with Crippen LogP contribution in [0.5, 0.6) is 0 Å². The van der Waals surface area contributed by atoms with Gasteiger partial charge in [0.05, 0.1) is 6.61 Å². The van der Waals surface area contributed by atoms with Crippen LogP contribution < -0.4 is 11.1 Å². The monoisotopic (exact) mass is 510 g/mol. The zero-order valence-electron chi connectivity index (χ0n) is 17.6. The van der Waals surface area contributed by atoms with E-state index in [0.717, 1.165) is 77.1 Å².